The Bertz CT molecular complexity index is 996. The van der Waals surface area contributed by atoms with E-state index >= 15 is 0 Å². The molecule has 1 heterocycles. The number of rotatable bonds is 7. The highest BCUT2D eigenvalue weighted by Gasteiger charge is 2.44. The van der Waals surface area contributed by atoms with E-state index in [4.69, 9.17) is 9.57 Å². The number of nitrogens with zero attached hydrogens (tertiary/aromatic N) is 3. The van der Waals surface area contributed by atoms with Gasteiger partial charge in [-0.25, -0.2) is 13.2 Å². The number of pyridine rings is 1. The molecule has 29 heavy (non-hydrogen) atoms. The topological polar surface area (TPSA) is 106 Å². The van der Waals surface area contributed by atoms with Gasteiger partial charge in [-0.15, -0.1) is 0 Å². The van der Waals surface area contributed by atoms with Gasteiger partial charge < -0.3 is 9.64 Å². The fourth-order valence-electron chi connectivity index (χ4n) is 2.70. The van der Waals surface area contributed by atoms with E-state index < -0.39 is 27.4 Å². The largest absolute Gasteiger partial charge is 0.467 e. The number of methoxy groups -OCH3 is 1. The number of carbonyl (C=O) groups is 2. The molecular formula is C19H23N3O6S. The van der Waals surface area contributed by atoms with Crippen molar-refractivity contribution in [2.45, 2.75) is 17.4 Å². The summed E-state index contributed by atoms with van der Waals surface area (Å²) in [5.74, 6) is -1.27. The number of carbonyl (C=O) groups excluding carboxylic acids is 2. The van der Waals surface area contributed by atoms with Gasteiger partial charge in [0.15, 0.2) is 5.54 Å². The summed E-state index contributed by atoms with van der Waals surface area (Å²) in [7, 11) is 1.16. The number of hydrogen-bond donors (Lipinski definition) is 0. The lowest BCUT2D eigenvalue weighted by Gasteiger charge is -2.35. The summed E-state index contributed by atoms with van der Waals surface area (Å²) < 4.78 is 30.5. The molecule has 0 saturated carbocycles. The monoisotopic (exact) mass is 421 g/mol. The number of hydrogen-bond acceptors (Lipinski definition) is 7. The maximum Gasteiger partial charge on any atom is 0.337 e. The van der Waals surface area contributed by atoms with Crippen molar-refractivity contribution in [1.82, 2.24) is 14.4 Å². The fraction of sp³-hybridized carbons (Fsp3) is 0.316. The maximum absolute atomic E-state index is 13.2. The Morgan fingerprint density at radius 2 is 1.76 bits per heavy atom. The molecule has 0 aliphatic rings. The number of esters is 1. The van der Waals surface area contributed by atoms with E-state index in [0.29, 0.717) is 10.2 Å². The van der Waals surface area contributed by atoms with Crippen LogP contribution in [0.15, 0.2) is 53.6 Å². The highest BCUT2D eigenvalue weighted by atomic mass is 32.2. The smallest absolute Gasteiger partial charge is 0.337 e. The summed E-state index contributed by atoms with van der Waals surface area (Å²) in [6.45, 7) is 1.51. The zero-order valence-electron chi connectivity index (χ0n) is 16.8. The molecule has 0 saturated heterocycles. The Balaban J connectivity index is 2.50. The third-order valence-electron chi connectivity index (χ3n) is 4.70. The van der Waals surface area contributed by atoms with Crippen molar-refractivity contribution in [3.8, 4) is 0 Å². The van der Waals surface area contributed by atoms with Crippen molar-refractivity contribution in [3.05, 3.63) is 59.9 Å². The van der Waals surface area contributed by atoms with Crippen LogP contribution in [0, 0.1) is 0 Å². The molecule has 1 atom stereocenters. The fourth-order valence-corrected chi connectivity index (χ4v) is 3.72. The van der Waals surface area contributed by atoms with Gasteiger partial charge in [0.2, 0.25) is 0 Å². The minimum Gasteiger partial charge on any atom is -0.467 e. The minimum absolute atomic E-state index is 0.0733. The predicted molar refractivity (Wildman–Crippen MR) is 104 cm³/mol. The molecule has 0 aliphatic heterocycles. The third kappa shape index (κ3) is 4.14. The molecule has 1 amide bonds. The van der Waals surface area contributed by atoms with Crippen LogP contribution in [-0.4, -0.2) is 63.0 Å². The number of benzene rings is 1. The Morgan fingerprint density at radius 3 is 2.31 bits per heavy atom. The van der Waals surface area contributed by atoms with Crippen LogP contribution in [0.3, 0.4) is 0 Å². The first-order chi connectivity index (χ1) is 13.6. The van der Waals surface area contributed by atoms with Crippen LogP contribution in [0.5, 0.6) is 0 Å². The Labute approximate surface area is 169 Å². The second-order valence-corrected chi connectivity index (χ2v) is 8.20. The van der Waals surface area contributed by atoms with E-state index in [0.717, 1.165) is 0 Å². The first-order valence-corrected chi connectivity index (χ1v) is 9.96. The summed E-state index contributed by atoms with van der Waals surface area (Å²) in [5, 5.41) is 0. The van der Waals surface area contributed by atoms with Crippen molar-refractivity contribution < 1.29 is 27.6 Å². The number of amides is 1. The number of likely N-dealkylation sites (N-methyl/N-ethyl adjacent to an activating group) is 1. The molecule has 0 aliphatic carbocycles. The summed E-state index contributed by atoms with van der Waals surface area (Å²) in [5.41, 5.74) is -1.14. The Hall–Kier alpha value is -2.82. The number of hydroxylamine groups is 1. The molecule has 0 N–H and O–H groups in total. The van der Waals surface area contributed by atoms with E-state index in [-0.39, 0.29) is 10.5 Å². The lowest BCUT2D eigenvalue weighted by molar-refractivity contribution is -0.152. The van der Waals surface area contributed by atoms with Crippen LogP contribution in [0.1, 0.15) is 23.0 Å². The van der Waals surface area contributed by atoms with Crippen LogP contribution in [0.2, 0.25) is 0 Å². The van der Waals surface area contributed by atoms with Gasteiger partial charge in [0, 0.05) is 25.9 Å². The standard InChI is InChI=1S/C19H23N3O6S/c1-19(18(24)27-4,16-11-6-7-12-20-16)21(2)17(23)14-9-8-10-15(13-14)29(25,26)22(3)28-5/h6-13H,1-5H3. The van der Waals surface area contributed by atoms with Gasteiger partial charge in [-0.1, -0.05) is 16.6 Å². The number of aromatic nitrogens is 1. The van der Waals surface area contributed by atoms with Crippen LogP contribution in [-0.2, 0) is 29.9 Å². The number of ether oxygens (including phenoxy) is 1. The average Bonchev–Trinajstić information content (AvgIpc) is 2.76. The van der Waals surface area contributed by atoms with Gasteiger partial charge in [-0.2, -0.15) is 0 Å². The molecule has 0 fully saturated rings. The summed E-state index contributed by atoms with van der Waals surface area (Å²) in [6, 6.07) is 10.4. The maximum atomic E-state index is 13.2. The molecule has 2 aromatic rings. The van der Waals surface area contributed by atoms with Crippen molar-refractivity contribution in [2.24, 2.45) is 0 Å². The van der Waals surface area contributed by atoms with Crippen molar-refractivity contribution in [3.63, 3.8) is 0 Å². The van der Waals surface area contributed by atoms with Crippen LogP contribution in [0.4, 0.5) is 0 Å². The lowest BCUT2D eigenvalue weighted by atomic mass is 9.94. The molecule has 1 aromatic carbocycles. The second-order valence-electron chi connectivity index (χ2n) is 6.27. The molecule has 0 radical (unpaired) electrons. The molecule has 9 nitrogen and oxygen atoms in total. The quantitative estimate of drug-likeness (QED) is 0.492. The normalized spacial score (nSPS) is 13.6. The molecule has 1 aromatic heterocycles. The molecule has 2 rings (SSSR count). The summed E-state index contributed by atoms with van der Waals surface area (Å²) in [6.07, 6.45) is 1.50. The average molecular weight is 421 g/mol. The van der Waals surface area contributed by atoms with Crippen molar-refractivity contribution in [1.29, 1.82) is 0 Å². The van der Waals surface area contributed by atoms with E-state index in [1.54, 1.807) is 18.2 Å². The van der Waals surface area contributed by atoms with Crippen LogP contribution >= 0.6 is 0 Å². The minimum atomic E-state index is -3.94. The first kappa shape index (κ1) is 22.5. The van der Waals surface area contributed by atoms with Gasteiger partial charge in [-0.3, -0.25) is 14.6 Å². The SMILES string of the molecule is COC(=O)C(C)(c1ccccn1)N(C)C(=O)c1cccc(S(=O)(=O)N(C)OC)c1. The van der Waals surface area contributed by atoms with E-state index in [9.17, 15) is 18.0 Å². The van der Waals surface area contributed by atoms with Gasteiger partial charge in [0.1, 0.15) is 0 Å². The van der Waals surface area contributed by atoms with Crippen molar-refractivity contribution >= 4 is 21.9 Å². The molecule has 156 valence electrons. The zero-order chi connectivity index (χ0) is 21.8. The molecule has 1 unspecified atom stereocenters. The van der Waals surface area contributed by atoms with Crippen LogP contribution < -0.4 is 0 Å². The summed E-state index contributed by atoms with van der Waals surface area (Å²) in [4.78, 5) is 35.7. The summed E-state index contributed by atoms with van der Waals surface area (Å²) >= 11 is 0. The molecule has 10 heteroatoms. The van der Waals surface area contributed by atoms with Gasteiger partial charge in [0.05, 0.1) is 24.8 Å². The van der Waals surface area contributed by atoms with E-state index in [1.165, 1.54) is 70.6 Å². The second kappa shape index (κ2) is 8.68. The van der Waals surface area contributed by atoms with Crippen molar-refractivity contribution in [2.75, 3.05) is 28.3 Å². The lowest BCUT2D eigenvalue weighted by Crippen LogP contribution is -2.51. The van der Waals surface area contributed by atoms with E-state index in [2.05, 4.69) is 4.98 Å². The van der Waals surface area contributed by atoms with E-state index in [1.807, 2.05) is 0 Å². The van der Waals surface area contributed by atoms with Gasteiger partial charge >= 0.3 is 5.97 Å². The highest BCUT2D eigenvalue weighted by Crippen LogP contribution is 2.29. The number of sulfonamides is 1. The predicted octanol–water partition coefficient (Wildman–Crippen LogP) is 1.42. The molecule has 0 spiro atoms. The van der Waals surface area contributed by atoms with Crippen LogP contribution in [0.25, 0.3) is 0 Å². The molecule has 0 bridgehead atoms. The first-order valence-electron chi connectivity index (χ1n) is 8.51. The van der Waals surface area contributed by atoms with Gasteiger partial charge in [0.25, 0.3) is 15.9 Å². The zero-order valence-corrected chi connectivity index (χ0v) is 17.6. The molecular weight excluding hydrogens is 398 g/mol. The van der Waals surface area contributed by atoms with Gasteiger partial charge in [-0.05, 0) is 37.3 Å². The third-order valence-corrected chi connectivity index (χ3v) is 6.37. The Morgan fingerprint density at radius 1 is 1.07 bits per heavy atom. The Kier molecular flexibility index (Phi) is 6.73. The highest BCUT2D eigenvalue weighted by molar-refractivity contribution is 7.89.